The van der Waals surface area contributed by atoms with Crippen LogP contribution in [0.15, 0.2) is 47.4 Å². The van der Waals surface area contributed by atoms with E-state index in [2.05, 4.69) is 0 Å². The van der Waals surface area contributed by atoms with Crippen LogP contribution in [-0.2, 0) is 9.84 Å². The molecule has 0 spiro atoms. The first-order valence-electron chi connectivity index (χ1n) is 7.28. The van der Waals surface area contributed by atoms with Crippen LogP contribution in [-0.4, -0.2) is 37.0 Å². The van der Waals surface area contributed by atoms with E-state index < -0.39 is 21.6 Å². The van der Waals surface area contributed by atoms with Gasteiger partial charge in [-0.1, -0.05) is 12.1 Å². The zero-order valence-corrected chi connectivity index (χ0v) is 13.9. The molecule has 0 saturated heterocycles. The molecule has 0 fully saturated rings. The Labute approximate surface area is 140 Å². The van der Waals surface area contributed by atoms with E-state index in [1.165, 1.54) is 18.2 Å². The molecule has 0 amide bonds. The van der Waals surface area contributed by atoms with E-state index in [0.29, 0.717) is 0 Å². The third kappa shape index (κ3) is 4.48. The predicted octanol–water partition coefficient (Wildman–Crippen LogP) is 2.64. The van der Waals surface area contributed by atoms with Gasteiger partial charge in [-0.25, -0.2) is 13.2 Å². The first kappa shape index (κ1) is 17.8. The summed E-state index contributed by atoms with van der Waals surface area (Å²) in [7, 11) is -3.37. The molecule has 0 atom stereocenters. The Morgan fingerprint density at radius 3 is 2.54 bits per heavy atom. The molecule has 0 bridgehead atoms. The van der Waals surface area contributed by atoms with Crippen molar-refractivity contribution in [3.05, 3.63) is 53.6 Å². The molecule has 2 aromatic rings. The Hall–Kier alpha value is -2.54. The number of aromatic hydroxyl groups is 1. The highest BCUT2D eigenvalue weighted by Crippen LogP contribution is 2.23. The lowest BCUT2D eigenvalue weighted by molar-refractivity contribution is 0.0693. The number of hydrogen-bond donors (Lipinski definition) is 2. The van der Waals surface area contributed by atoms with Crippen LogP contribution in [0.5, 0.6) is 11.5 Å². The molecule has 0 unspecified atom stereocenters. The van der Waals surface area contributed by atoms with Crippen molar-refractivity contribution in [2.75, 3.05) is 12.4 Å². The second-order valence-corrected chi connectivity index (χ2v) is 7.43. The van der Waals surface area contributed by atoms with Crippen LogP contribution in [0.25, 0.3) is 0 Å². The van der Waals surface area contributed by atoms with Crippen LogP contribution in [0.3, 0.4) is 0 Å². The van der Waals surface area contributed by atoms with E-state index in [9.17, 15) is 18.3 Å². The van der Waals surface area contributed by atoms with Crippen molar-refractivity contribution in [2.24, 2.45) is 0 Å². The Morgan fingerprint density at radius 1 is 1.17 bits per heavy atom. The van der Waals surface area contributed by atoms with Crippen LogP contribution in [0.2, 0.25) is 0 Å². The highest BCUT2D eigenvalue weighted by molar-refractivity contribution is 7.91. The molecule has 6 nitrogen and oxygen atoms in total. The first-order valence-corrected chi connectivity index (χ1v) is 8.93. The number of ether oxygens (including phenoxy) is 1. The van der Waals surface area contributed by atoms with Crippen molar-refractivity contribution in [2.45, 2.75) is 18.2 Å². The lowest BCUT2D eigenvalue weighted by Crippen LogP contribution is -2.10. The molecular weight excluding hydrogens is 332 g/mol. The van der Waals surface area contributed by atoms with Crippen LogP contribution in [0.4, 0.5) is 0 Å². The van der Waals surface area contributed by atoms with E-state index in [1.807, 2.05) is 13.0 Å². The quantitative estimate of drug-likeness (QED) is 0.745. The number of phenols is 1. The van der Waals surface area contributed by atoms with Gasteiger partial charge in [-0.2, -0.15) is 0 Å². The van der Waals surface area contributed by atoms with Gasteiger partial charge >= 0.3 is 5.97 Å². The van der Waals surface area contributed by atoms with E-state index in [1.54, 1.807) is 18.2 Å². The molecule has 0 aliphatic rings. The summed E-state index contributed by atoms with van der Waals surface area (Å²) < 4.78 is 29.8. The largest absolute Gasteiger partial charge is 0.507 e. The number of carboxylic acids is 1. The number of benzene rings is 2. The minimum atomic E-state index is -3.37. The fraction of sp³-hybridized carbons (Fsp3) is 0.235. The van der Waals surface area contributed by atoms with Crippen LogP contribution in [0, 0.1) is 6.92 Å². The van der Waals surface area contributed by atoms with E-state index in [0.717, 1.165) is 5.56 Å². The fourth-order valence-electron chi connectivity index (χ4n) is 2.15. The minimum Gasteiger partial charge on any atom is -0.507 e. The van der Waals surface area contributed by atoms with Gasteiger partial charge in [-0.3, -0.25) is 0 Å². The second kappa shape index (κ2) is 7.35. The van der Waals surface area contributed by atoms with E-state index in [-0.39, 0.29) is 35.0 Å². The molecule has 0 radical (unpaired) electrons. The molecule has 2 rings (SSSR count). The molecular formula is C17H18O6S. The topological polar surface area (TPSA) is 101 Å². The summed E-state index contributed by atoms with van der Waals surface area (Å²) >= 11 is 0. The SMILES string of the molecule is Cc1cccc(S(=O)(=O)CCCOc2ccc(C(=O)O)c(O)c2)c1. The average molecular weight is 350 g/mol. The van der Waals surface area contributed by atoms with Crippen molar-refractivity contribution in [1.29, 1.82) is 0 Å². The summed E-state index contributed by atoms with van der Waals surface area (Å²) in [6, 6.07) is 10.6. The molecule has 128 valence electrons. The molecule has 0 aliphatic carbocycles. The standard InChI is InChI=1S/C17H18O6S/c1-12-4-2-5-14(10-12)24(21,22)9-3-8-23-13-6-7-15(17(19)20)16(18)11-13/h2,4-7,10-11,18H,3,8-9H2,1H3,(H,19,20). The van der Waals surface area contributed by atoms with Crippen molar-refractivity contribution in [3.63, 3.8) is 0 Å². The van der Waals surface area contributed by atoms with Crippen molar-refractivity contribution in [1.82, 2.24) is 0 Å². The molecule has 0 aliphatic heterocycles. The third-order valence-corrected chi connectivity index (χ3v) is 5.17. The zero-order valence-electron chi connectivity index (χ0n) is 13.1. The molecule has 0 heterocycles. The van der Waals surface area contributed by atoms with Gasteiger partial charge in [0.2, 0.25) is 0 Å². The van der Waals surface area contributed by atoms with Gasteiger partial charge < -0.3 is 14.9 Å². The van der Waals surface area contributed by atoms with E-state index >= 15 is 0 Å². The van der Waals surface area contributed by atoms with Gasteiger partial charge in [0.25, 0.3) is 0 Å². The van der Waals surface area contributed by atoms with Crippen LogP contribution >= 0.6 is 0 Å². The Bertz CT molecular complexity index is 842. The maximum absolute atomic E-state index is 12.2. The first-order chi connectivity index (χ1) is 11.3. The van der Waals surface area contributed by atoms with Gasteiger partial charge in [0.1, 0.15) is 17.1 Å². The van der Waals surface area contributed by atoms with Crippen molar-refractivity contribution < 1.29 is 28.2 Å². The number of sulfone groups is 1. The summed E-state index contributed by atoms with van der Waals surface area (Å²) in [6.07, 6.45) is 0.276. The van der Waals surface area contributed by atoms with Gasteiger partial charge in [-0.15, -0.1) is 0 Å². The molecule has 24 heavy (non-hydrogen) atoms. The number of hydrogen-bond acceptors (Lipinski definition) is 5. The number of aromatic carboxylic acids is 1. The smallest absolute Gasteiger partial charge is 0.339 e. The van der Waals surface area contributed by atoms with Crippen LogP contribution < -0.4 is 4.74 Å². The zero-order chi connectivity index (χ0) is 17.7. The molecule has 2 aromatic carbocycles. The summed E-state index contributed by atoms with van der Waals surface area (Å²) in [6.45, 7) is 1.96. The maximum Gasteiger partial charge on any atom is 0.339 e. The Kier molecular flexibility index (Phi) is 5.46. The Morgan fingerprint density at radius 2 is 1.92 bits per heavy atom. The number of carboxylic acid groups (broad SMARTS) is 1. The highest BCUT2D eigenvalue weighted by Gasteiger charge is 2.14. The number of rotatable bonds is 7. The summed E-state index contributed by atoms with van der Waals surface area (Å²) in [4.78, 5) is 11.1. The van der Waals surface area contributed by atoms with Gasteiger partial charge in [-0.05, 0) is 43.2 Å². The monoisotopic (exact) mass is 350 g/mol. The molecule has 0 saturated carbocycles. The molecule has 7 heteroatoms. The van der Waals surface area contributed by atoms with Crippen molar-refractivity contribution in [3.8, 4) is 11.5 Å². The van der Waals surface area contributed by atoms with Crippen LogP contribution in [0.1, 0.15) is 22.3 Å². The lowest BCUT2D eigenvalue weighted by Gasteiger charge is -2.08. The number of carbonyl (C=O) groups is 1. The summed E-state index contributed by atoms with van der Waals surface area (Å²) in [5, 5.41) is 18.4. The second-order valence-electron chi connectivity index (χ2n) is 5.32. The molecule has 2 N–H and O–H groups in total. The summed E-state index contributed by atoms with van der Waals surface area (Å²) in [5.74, 6) is -1.41. The maximum atomic E-state index is 12.2. The third-order valence-electron chi connectivity index (χ3n) is 3.37. The summed E-state index contributed by atoms with van der Waals surface area (Å²) in [5.41, 5.74) is 0.658. The van der Waals surface area contributed by atoms with Crippen molar-refractivity contribution >= 4 is 15.8 Å². The predicted molar refractivity (Wildman–Crippen MR) is 88.4 cm³/mol. The highest BCUT2D eigenvalue weighted by atomic mass is 32.2. The minimum absolute atomic E-state index is 0.0599. The fourth-order valence-corrected chi connectivity index (χ4v) is 3.53. The average Bonchev–Trinajstić information content (AvgIpc) is 2.51. The van der Waals surface area contributed by atoms with Gasteiger partial charge in [0, 0.05) is 6.07 Å². The lowest BCUT2D eigenvalue weighted by atomic mass is 10.2. The Balaban J connectivity index is 1.91. The molecule has 0 aromatic heterocycles. The van der Waals surface area contributed by atoms with Gasteiger partial charge in [0.15, 0.2) is 9.84 Å². The van der Waals surface area contributed by atoms with E-state index in [4.69, 9.17) is 9.84 Å². The normalized spacial score (nSPS) is 11.2. The number of aryl methyl sites for hydroxylation is 1. The van der Waals surface area contributed by atoms with Gasteiger partial charge in [0.05, 0.1) is 17.3 Å².